The number of benzene rings is 2. The first-order chi connectivity index (χ1) is 19.5. The second kappa shape index (κ2) is 12.9. The van der Waals surface area contributed by atoms with Gasteiger partial charge in [-0.1, -0.05) is 31.0 Å². The molecule has 3 amide bonds. The lowest BCUT2D eigenvalue weighted by Crippen LogP contribution is -2.55. The van der Waals surface area contributed by atoms with Gasteiger partial charge in [-0.2, -0.15) is 0 Å². The van der Waals surface area contributed by atoms with E-state index in [1.165, 1.54) is 30.6 Å². The molecule has 3 aliphatic rings. The maximum atomic E-state index is 14.0. The molecule has 1 saturated heterocycles. The number of fused-ring (bicyclic) bond motifs is 2. The zero-order chi connectivity index (χ0) is 28.1. The number of likely N-dealkylation sites (tertiary alicyclic amines) is 1. The summed E-state index contributed by atoms with van der Waals surface area (Å²) in [6.07, 6.45) is 9.04. The van der Waals surface area contributed by atoms with Crippen molar-refractivity contribution in [3.05, 3.63) is 59.2 Å². The van der Waals surface area contributed by atoms with Crippen molar-refractivity contribution in [2.24, 2.45) is 5.92 Å². The Kier molecular flexibility index (Phi) is 9.04. The Morgan fingerprint density at radius 1 is 0.950 bits per heavy atom. The number of hydrogen-bond donors (Lipinski definition) is 1. The maximum absolute atomic E-state index is 14.0. The number of amides is 3. The van der Waals surface area contributed by atoms with Crippen LogP contribution in [0.4, 0.5) is 0 Å². The van der Waals surface area contributed by atoms with Gasteiger partial charge in [0.25, 0.3) is 11.8 Å². The molecule has 0 bridgehead atoms. The number of imide groups is 1. The summed E-state index contributed by atoms with van der Waals surface area (Å²) in [4.78, 5) is 43.0. The van der Waals surface area contributed by atoms with E-state index in [0.29, 0.717) is 54.8 Å². The first-order valence-corrected chi connectivity index (χ1v) is 14.7. The third-order valence-electron chi connectivity index (χ3n) is 8.86. The van der Waals surface area contributed by atoms with Crippen LogP contribution in [0.25, 0.3) is 0 Å². The predicted molar refractivity (Wildman–Crippen MR) is 153 cm³/mol. The quantitative estimate of drug-likeness (QED) is 0.321. The maximum Gasteiger partial charge on any atom is 0.261 e. The van der Waals surface area contributed by atoms with E-state index in [2.05, 4.69) is 10.2 Å². The molecule has 1 saturated carbocycles. The lowest BCUT2D eigenvalue weighted by Gasteiger charge is -2.45. The number of rotatable bonds is 11. The van der Waals surface area contributed by atoms with Gasteiger partial charge in [0.2, 0.25) is 5.91 Å². The van der Waals surface area contributed by atoms with Crippen molar-refractivity contribution in [1.29, 1.82) is 0 Å². The fraction of sp³-hybridized carbons (Fsp3) is 0.531. The van der Waals surface area contributed by atoms with E-state index in [-0.39, 0.29) is 23.8 Å². The largest absolute Gasteiger partial charge is 0.497 e. The summed E-state index contributed by atoms with van der Waals surface area (Å²) < 4.78 is 10.9. The smallest absolute Gasteiger partial charge is 0.261 e. The van der Waals surface area contributed by atoms with Crippen molar-refractivity contribution < 1.29 is 23.9 Å². The molecule has 8 nitrogen and oxygen atoms in total. The summed E-state index contributed by atoms with van der Waals surface area (Å²) in [5.41, 5.74) is 1.91. The van der Waals surface area contributed by atoms with Crippen LogP contribution in [0.15, 0.2) is 42.5 Å². The Labute approximate surface area is 237 Å². The molecule has 2 heterocycles. The summed E-state index contributed by atoms with van der Waals surface area (Å²) in [7, 11) is 3.26. The minimum atomic E-state index is -0.352. The predicted octanol–water partition coefficient (Wildman–Crippen LogP) is 4.81. The molecule has 214 valence electrons. The van der Waals surface area contributed by atoms with Gasteiger partial charge in [-0.15, -0.1) is 0 Å². The van der Waals surface area contributed by atoms with Crippen LogP contribution in [0.3, 0.4) is 0 Å². The third-order valence-corrected chi connectivity index (χ3v) is 8.86. The molecule has 2 fully saturated rings. The summed E-state index contributed by atoms with van der Waals surface area (Å²) in [6, 6.07) is 12.7. The standard InChI is InChI=1S/C32H41N3O5/c1-39-24-17-16-23(29(20-24)40-2)21-33-27(32(38)34-19-9-11-22-10-3-6-15-28(22)34)14-7-8-18-35-30(36)25-12-4-5-13-26(25)31(35)37/h4-5,12-13,16-17,20,22,27-28,33H,3,6-11,14-15,18-19,21H2,1-2H3/t22-,27-,28+/m1/s1. The lowest BCUT2D eigenvalue weighted by molar-refractivity contribution is -0.140. The van der Waals surface area contributed by atoms with Crippen molar-refractivity contribution in [3.8, 4) is 11.5 Å². The molecule has 0 unspecified atom stereocenters. The zero-order valence-corrected chi connectivity index (χ0v) is 23.7. The fourth-order valence-corrected chi connectivity index (χ4v) is 6.70. The molecular formula is C32H41N3O5. The minimum Gasteiger partial charge on any atom is -0.497 e. The molecule has 40 heavy (non-hydrogen) atoms. The lowest BCUT2D eigenvalue weighted by atomic mass is 9.78. The number of piperidine rings is 1. The van der Waals surface area contributed by atoms with Crippen LogP contribution in [0, 0.1) is 5.92 Å². The zero-order valence-electron chi connectivity index (χ0n) is 23.7. The van der Waals surface area contributed by atoms with Gasteiger partial charge in [0.1, 0.15) is 11.5 Å². The van der Waals surface area contributed by atoms with Crippen molar-refractivity contribution in [1.82, 2.24) is 15.1 Å². The van der Waals surface area contributed by atoms with Crippen LogP contribution >= 0.6 is 0 Å². The highest BCUT2D eigenvalue weighted by atomic mass is 16.5. The fourth-order valence-electron chi connectivity index (χ4n) is 6.70. The van der Waals surface area contributed by atoms with Gasteiger partial charge in [-0.05, 0) is 69.1 Å². The van der Waals surface area contributed by atoms with E-state index in [0.717, 1.165) is 37.1 Å². The van der Waals surface area contributed by atoms with E-state index in [1.54, 1.807) is 38.5 Å². The number of ether oxygens (including phenoxy) is 2. The molecule has 2 aromatic rings. The first-order valence-electron chi connectivity index (χ1n) is 14.7. The van der Waals surface area contributed by atoms with Gasteiger partial charge in [0, 0.05) is 37.3 Å². The number of carbonyl (C=O) groups excluding carboxylic acids is 3. The summed E-state index contributed by atoms with van der Waals surface area (Å²) in [5.74, 6) is 1.77. The van der Waals surface area contributed by atoms with Crippen LogP contribution in [0.1, 0.15) is 84.1 Å². The van der Waals surface area contributed by atoms with E-state index in [9.17, 15) is 14.4 Å². The molecule has 5 rings (SSSR count). The van der Waals surface area contributed by atoms with E-state index in [4.69, 9.17) is 9.47 Å². The van der Waals surface area contributed by atoms with E-state index >= 15 is 0 Å². The molecule has 0 spiro atoms. The number of carbonyl (C=O) groups is 3. The molecule has 2 aliphatic heterocycles. The van der Waals surface area contributed by atoms with E-state index in [1.807, 2.05) is 18.2 Å². The second-order valence-corrected chi connectivity index (χ2v) is 11.2. The third kappa shape index (κ3) is 5.87. The van der Waals surface area contributed by atoms with Gasteiger partial charge in [-0.25, -0.2) is 0 Å². The van der Waals surface area contributed by atoms with Crippen molar-refractivity contribution >= 4 is 17.7 Å². The molecule has 0 aromatic heterocycles. The molecule has 8 heteroatoms. The molecule has 1 N–H and O–H groups in total. The number of hydrogen-bond acceptors (Lipinski definition) is 6. The topological polar surface area (TPSA) is 88.2 Å². The highest BCUT2D eigenvalue weighted by Gasteiger charge is 2.38. The monoisotopic (exact) mass is 547 g/mol. The van der Waals surface area contributed by atoms with Crippen molar-refractivity contribution in [2.75, 3.05) is 27.3 Å². The number of nitrogens with one attached hydrogen (secondary N) is 1. The SMILES string of the molecule is COc1ccc(CN[C@H](CCCCN2C(=O)c3ccccc3C2=O)C(=O)N2CCC[C@H]3CCCC[C@@H]32)c(OC)c1. The van der Waals surface area contributed by atoms with Crippen LogP contribution in [-0.2, 0) is 11.3 Å². The highest BCUT2D eigenvalue weighted by Crippen LogP contribution is 2.36. The summed E-state index contributed by atoms with van der Waals surface area (Å²) >= 11 is 0. The Balaban J connectivity index is 1.25. The summed E-state index contributed by atoms with van der Waals surface area (Å²) in [6.45, 7) is 1.66. The number of methoxy groups -OCH3 is 2. The Hall–Kier alpha value is -3.39. The number of nitrogens with zero attached hydrogens (tertiary/aromatic N) is 2. The Morgan fingerprint density at radius 3 is 2.40 bits per heavy atom. The summed E-state index contributed by atoms with van der Waals surface area (Å²) in [5, 5.41) is 3.54. The normalized spacial score (nSPS) is 21.1. The molecular weight excluding hydrogens is 506 g/mol. The van der Waals surface area contributed by atoms with Crippen molar-refractivity contribution in [2.45, 2.75) is 76.4 Å². The van der Waals surface area contributed by atoms with Gasteiger partial charge in [0.15, 0.2) is 0 Å². The highest BCUT2D eigenvalue weighted by molar-refractivity contribution is 6.21. The Morgan fingerprint density at radius 2 is 1.68 bits per heavy atom. The van der Waals surface area contributed by atoms with Gasteiger partial charge >= 0.3 is 0 Å². The van der Waals surface area contributed by atoms with Gasteiger partial charge in [-0.3, -0.25) is 19.3 Å². The number of unbranched alkanes of at least 4 members (excludes halogenated alkanes) is 1. The molecule has 0 radical (unpaired) electrons. The van der Waals surface area contributed by atoms with Crippen molar-refractivity contribution in [3.63, 3.8) is 0 Å². The van der Waals surface area contributed by atoms with Crippen LogP contribution in [-0.4, -0.2) is 66.9 Å². The van der Waals surface area contributed by atoms with Gasteiger partial charge < -0.3 is 19.7 Å². The van der Waals surface area contributed by atoms with Gasteiger partial charge in [0.05, 0.1) is 31.4 Å². The average Bonchev–Trinajstić information content (AvgIpc) is 3.24. The van der Waals surface area contributed by atoms with Crippen LogP contribution in [0.2, 0.25) is 0 Å². The first kappa shape index (κ1) is 28.1. The van der Waals surface area contributed by atoms with Crippen LogP contribution in [0.5, 0.6) is 11.5 Å². The minimum absolute atomic E-state index is 0.171. The molecule has 2 aromatic carbocycles. The van der Waals surface area contributed by atoms with Crippen LogP contribution < -0.4 is 14.8 Å². The molecule has 1 aliphatic carbocycles. The van der Waals surface area contributed by atoms with E-state index < -0.39 is 0 Å². The second-order valence-electron chi connectivity index (χ2n) is 11.2. The average molecular weight is 548 g/mol. The Bertz CT molecular complexity index is 1190. The molecule has 3 atom stereocenters.